The van der Waals surface area contributed by atoms with Crippen molar-refractivity contribution in [1.82, 2.24) is 5.32 Å². The van der Waals surface area contributed by atoms with E-state index in [0.717, 1.165) is 0 Å². The highest BCUT2D eigenvalue weighted by atomic mass is 28.4. The van der Waals surface area contributed by atoms with Gasteiger partial charge in [-0.2, -0.15) is 26.3 Å². The zero-order valence-electron chi connectivity index (χ0n) is 11.4. The summed E-state index contributed by atoms with van der Waals surface area (Å²) in [4.78, 5) is 11.2. The van der Waals surface area contributed by atoms with E-state index in [0.29, 0.717) is 0 Å². The third-order valence-corrected chi connectivity index (χ3v) is 7.47. The number of hydrogen-bond acceptors (Lipinski definition) is 2. The van der Waals surface area contributed by atoms with E-state index < -0.39 is 32.5 Å². The standard InChI is InChI=1S/C10H17F6NO2Si/c1-6(2)20(4,19-3)5-17-8(18)7(9(11,12)13)10(14,15)16/h6-7H,5H2,1-4H3,(H,17,18). The van der Waals surface area contributed by atoms with Gasteiger partial charge in [0.05, 0.1) is 0 Å². The number of amides is 1. The lowest BCUT2D eigenvalue weighted by molar-refractivity contribution is -0.274. The lowest BCUT2D eigenvalue weighted by atomic mass is 10.1. The second-order valence-electron chi connectivity index (χ2n) is 4.91. The van der Waals surface area contributed by atoms with Crippen LogP contribution in [0.4, 0.5) is 26.3 Å². The fraction of sp³-hybridized carbons (Fsp3) is 0.900. The first-order chi connectivity index (χ1) is 8.75. The van der Waals surface area contributed by atoms with E-state index in [4.69, 9.17) is 4.43 Å². The summed E-state index contributed by atoms with van der Waals surface area (Å²) in [7, 11) is -1.27. The Hall–Kier alpha value is -0.773. The molecular formula is C10H17F6NO2Si. The highest BCUT2D eigenvalue weighted by Crippen LogP contribution is 2.39. The largest absolute Gasteiger partial charge is 0.418 e. The van der Waals surface area contributed by atoms with Gasteiger partial charge in [0.2, 0.25) is 20.1 Å². The van der Waals surface area contributed by atoms with E-state index in [-0.39, 0.29) is 11.7 Å². The van der Waals surface area contributed by atoms with Crippen LogP contribution in [0.2, 0.25) is 12.1 Å². The first-order valence-electron chi connectivity index (χ1n) is 5.72. The maximum atomic E-state index is 12.3. The molecule has 1 atom stereocenters. The van der Waals surface area contributed by atoms with Gasteiger partial charge in [-0.3, -0.25) is 4.79 Å². The summed E-state index contributed by atoms with van der Waals surface area (Å²) in [5.74, 6) is -6.11. The predicted octanol–water partition coefficient (Wildman–Crippen LogP) is 3.01. The average molecular weight is 325 g/mol. The molecule has 1 amide bonds. The van der Waals surface area contributed by atoms with Crippen LogP contribution in [-0.2, 0) is 9.22 Å². The van der Waals surface area contributed by atoms with Gasteiger partial charge in [-0.1, -0.05) is 13.8 Å². The average Bonchev–Trinajstić information content (AvgIpc) is 2.21. The second kappa shape index (κ2) is 6.33. The first-order valence-corrected chi connectivity index (χ1v) is 8.41. The lowest BCUT2D eigenvalue weighted by Gasteiger charge is -2.30. The smallest absolute Gasteiger partial charge is 0.409 e. The quantitative estimate of drug-likeness (QED) is 0.623. The molecule has 0 rings (SSSR count). The maximum Gasteiger partial charge on any atom is 0.409 e. The van der Waals surface area contributed by atoms with Crippen LogP contribution in [0.15, 0.2) is 0 Å². The van der Waals surface area contributed by atoms with Crippen molar-refractivity contribution in [3.8, 4) is 0 Å². The molecule has 0 aliphatic carbocycles. The maximum absolute atomic E-state index is 12.3. The van der Waals surface area contributed by atoms with E-state index in [2.05, 4.69) is 0 Å². The van der Waals surface area contributed by atoms with Crippen LogP contribution in [0.3, 0.4) is 0 Å². The van der Waals surface area contributed by atoms with E-state index in [9.17, 15) is 31.1 Å². The molecule has 120 valence electrons. The molecule has 0 fully saturated rings. The molecule has 3 nitrogen and oxygen atoms in total. The molecule has 0 aromatic rings. The zero-order valence-corrected chi connectivity index (χ0v) is 12.4. The van der Waals surface area contributed by atoms with Crippen molar-refractivity contribution < 1.29 is 35.6 Å². The third kappa shape index (κ3) is 4.96. The van der Waals surface area contributed by atoms with Crippen molar-refractivity contribution in [2.45, 2.75) is 38.3 Å². The molecule has 1 N–H and O–H groups in total. The van der Waals surface area contributed by atoms with E-state index in [1.807, 2.05) is 0 Å². The Bertz CT molecular complexity index is 330. The van der Waals surface area contributed by atoms with Gasteiger partial charge in [0, 0.05) is 13.3 Å². The molecule has 0 aliphatic rings. The van der Waals surface area contributed by atoms with Crippen LogP contribution >= 0.6 is 0 Å². The van der Waals surface area contributed by atoms with Gasteiger partial charge in [-0.25, -0.2) is 0 Å². The van der Waals surface area contributed by atoms with Crippen LogP contribution in [0.5, 0.6) is 0 Å². The molecule has 0 heterocycles. The van der Waals surface area contributed by atoms with Crippen molar-refractivity contribution in [3.63, 3.8) is 0 Å². The first kappa shape index (κ1) is 19.2. The summed E-state index contributed by atoms with van der Waals surface area (Å²) in [6.07, 6.45) is -11.7. The minimum Gasteiger partial charge on any atom is -0.418 e. The van der Waals surface area contributed by atoms with Crippen molar-refractivity contribution >= 4 is 14.2 Å². The van der Waals surface area contributed by atoms with Crippen molar-refractivity contribution in [3.05, 3.63) is 0 Å². The fourth-order valence-corrected chi connectivity index (χ4v) is 2.91. The summed E-state index contributed by atoms with van der Waals surface area (Å²) in [6, 6.07) is 0. The van der Waals surface area contributed by atoms with Gasteiger partial charge in [0.15, 0.2) is 0 Å². The molecule has 0 radical (unpaired) electrons. The van der Waals surface area contributed by atoms with Gasteiger partial charge in [0.1, 0.15) is 0 Å². The predicted molar refractivity (Wildman–Crippen MR) is 62.3 cm³/mol. The monoisotopic (exact) mass is 325 g/mol. The Morgan fingerprint density at radius 1 is 1.15 bits per heavy atom. The summed E-state index contributed by atoms with van der Waals surface area (Å²) < 4.78 is 79.1. The topological polar surface area (TPSA) is 38.3 Å². The Morgan fingerprint density at radius 3 is 1.80 bits per heavy atom. The summed E-state index contributed by atoms with van der Waals surface area (Å²) in [5, 5.41) is 1.73. The highest BCUT2D eigenvalue weighted by molar-refractivity contribution is 6.74. The molecule has 0 aliphatic heterocycles. The number of alkyl halides is 6. The Kier molecular flexibility index (Phi) is 6.09. The minimum atomic E-state index is -5.68. The van der Waals surface area contributed by atoms with E-state index in [1.165, 1.54) is 7.11 Å². The molecule has 1 unspecified atom stereocenters. The molecule has 0 bridgehead atoms. The molecular weight excluding hydrogens is 308 g/mol. The van der Waals surface area contributed by atoms with Gasteiger partial charge in [-0.15, -0.1) is 0 Å². The number of hydrogen-bond donors (Lipinski definition) is 1. The number of carbonyl (C=O) groups excluding carboxylic acids is 1. The Balaban J connectivity index is 4.98. The second-order valence-corrected chi connectivity index (χ2v) is 9.45. The van der Waals surface area contributed by atoms with Gasteiger partial charge < -0.3 is 9.74 Å². The van der Waals surface area contributed by atoms with Gasteiger partial charge in [-0.05, 0) is 12.1 Å². The normalized spacial score (nSPS) is 16.4. The summed E-state index contributed by atoms with van der Waals surface area (Å²) >= 11 is 0. The molecule has 0 spiro atoms. The molecule has 0 aromatic carbocycles. The van der Waals surface area contributed by atoms with Crippen molar-refractivity contribution in [2.75, 3.05) is 13.3 Å². The van der Waals surface area contributed by atoms with E-state index in [1.54, 1.807) is 25.7 Å². The van der Waals surface area contributed by atoms with E-state index >= 15 is 0 Å². The highest BCUT2D eigenvalue weighted by Gasteiger charge is 2.61. The molecule has 20 heavy (non-hydrogen) atoms. The number of halogens is 6. The Morgan fingerprint density at radius 2 is 1.55 bits per heavy atom. The zero-order chi connectivity index (χ0) is 16.4. The number of rotatable bonds is 5. The molecule has 0 saturated heterocycles. The number of nitrogens with one attached hydrogen (secondary N) is 1. The summed E-state index contributed by atoms with van der Waals surface area (Å²) in [5.41, 5.74) is -0.0805. The van der Waals surface area contributed by atoms with Crippen LogP contribution in [0.1, 0.15) is 13.8 Å². The SMILES string of the molecule is CO[Si](C)(CNC(=O)C(C(F)(F)F)C(F)(F)F)C(C)C. The van der Waals surface area contributed by atoms with Crippen LogP contribution < -0.4 is 5.32 Å². The van der Waals surface area contributed by atoms with Crippen molar-refractivity contribution in [2.24, 2.45) is 5.92 Å². The lowest BCUT2D eigenvalue weighted by Crippen LogP contribution is -2.54. The molecule has 0 saturated carbocycles. The summed E-state index contributed by atoms with van der Waals surface area (Å²) in [6.45, 7) is 5.08. The van der Waals surface area contributed by atoms with Gasteiger partial charge >= 0.3 is 12.4 Å². The van der Waals surface area contributed by atoms with Crippen LogP contribution in [-0.4, -0.2) is 39.9 Å². The van der Waals surface area contributed by atoms with Gasteiger partial charge in [0.25, 0.3) is 0 Å². The number of carbonyl (C=O) groups is 1. The third-order valence-electron chi connectivity index (χ3n) is 3.22. The minimum absolute atomic E-state index is 0.0805. The molecule has 0 aromatic heterocycles. The molecule has 10 heteroatoms. The van der Waals surface area contributed by atoms with Crippen LogP contribution in [0, 0.1) is 5.92 Å². The van der Waals surface area contributed by atoms with Crippen LogP contribution in [0.25, 0.3) is 0 Å². The van der Waals surface area contributed by atoms with Crippen molar-refractivity contribution in [1.29, 1.82) is 0 Å². The fourth-order valence-electron chi connectivity index (χ4n) is 1.36. The Labute approximate surface area is 113 Å².